The summed E-state index contributed by atoms with van der Waals surface area (Å²) in [4.78, 5) is 6.61. The highest BCUT2D eigenvalue weighted by atomic mass is 19.1. The lowest BCUT2D eigenvalue weighted by atomic mass is 9.95. The van der Waals surface area contributed by atoms with E-state index < -0.39 is 0 Å². The summed E-state index contributed by atoms with van der Waals surface area (Å²) in [5, 5.41) is 6.72. The van der Waals surface area contributed by atoms with Crippen LogP contribution in [0.3, 0.4) is 0 Å². The molecule has 0 amide bonds. The lowest BCUT2D eigenvalue weighted by Gasteiger charge is -2.24. The smallest absolute Gasteiger partial charge is 0.191 e. The van der Waals surface area contributed by atoms with Crippen LogP contribution in [-0.2, 0) is 5.41 Å². The van der Waals surface area contributed by atoms with Gasteiger partial charge in [-0.25, -0.2) is 4.39 Å². The van der Waals surface area contributed by atoms with Gasteiger partial charge < -0.3 is 15.5 Å². The molecule has 1 atom stereocenters. The fourth-order valence-corrected chi connectivity index (χ4v) is 2.94. The molecule has 0 aromatic heterocycles. The van der Waals surface area contributed by atoms with E-state index in [0.717, 1.165) is 50.4 Å². The van der Waals surface area contributed by atoms with Crippen LogP contribution >= 0.6 is 0 Å². The largest absolute Gasteiger partial charge is 0.356 e. The molecule has 1 unspecified atom stereocenters. The van der Waals surface area contributed by atoms with Gasteiger partial charge in [0.15, 0.2) is 5.96 Å². The standard InChI is InChI=1S/C19H31FN4/c1-5-15(2)24(4)13-12-22-18(21-3)23-14-19(10-11-19)16-8-6-7-9-17(16)20/h6-9,15H,5,10-14H2,1-4H3,(H2,21,22,23). The zero-order valence-corrected chi connectivity index (χ0v) is 15.4. The van der Waals surface area contributed by atoms with Crippen LogP contribution in [0, 0.1) is 5.82 Å². The van der Waals surface area contributed by atoms with Crippen molar-refractivity contribution in [1.29, 1.82) is 0 Å². The van der Waals surface area contributed by atoms with Gasteiger partial charge in [-0.1, -0.05) is 25.1 Å². The third kappa shape index (κ3) is 4.69. The molecule has 5 heteroatoms. The van der Waals surface area contributed by atoms with Crippen molar-refractivity contribution in [3.63, 3.8) is 0 Å². The maximum absolute atomic E-state index is 14.1. The first kappa shape index (κ1) is 18.7. The second kappa shape index (κ2) is 8.47. The molecular weight excluding hydrogens is 303 g/mol. The zero-order valence-electron chi connectivity index (χ0n) is 15.4. The molecule has 0 heterocycles. The lowest BCUT2D eigenvalue weighted by Crippen LogP contribution is -2.44. The van der Waals surface area contributed by atoms with Crippen LogP contribution < -0.4 is 10.6 Å². The fraction of sp³-hybridized carbons (Fsp3) is 0.632. The predicted octanol–water partition coefficient (Wildman–Crippen LogP) is 2.75. The van der Waals surface area contributed by atoms with Crippen LogP contribution in [0.4, 0.5) is 4.39 Å². The van der Waals surface area contributed by atoms with Gasteiger partial charge in [0.25, 0.3) is 0 Å². The molecule has 1 aromatic carbocycles. The van der Waals surface area contributed by atoms with Gasteiger partial charge in [0.05, 0.1) is 0 Å². The number of benzene rings is 1. The van der Waals surface area contributed by atoms with Crippen molar-refractivity contribution in [3.05, 3.63) is 35.6 Å². The predicted molar refractivity (Wildman–Crippen MR) is 99.1 cm³/mol. The van der Waals surface area contributed by atoms with Gasteiger partial charge in [-0.15, -0.1) is 0 Å². The van der Waals surface area contributed by atoms with Crippen LogP contribution in [0.5, 0.6) is 0 Å². The van der Waals surface area contributed by atoms with Gasteiger partial charge >= 0.3 is 0 Å². The molecule has 0 radical (unpaired) electrons. The van der Waals surface area contributed by atoms with Gasteiger partial charge in [0.1, 0.15) is 5.82 Å². The van der Waals surface area contributed by atoms with Gasteiger partial charge in [-0.2, -0.15) is 0 Å². The van der Waals surface area contributed by atoms with E-state index >= 15 is 0 Å². The SMILES string of the molecule is CCC(C)N(C)CCNC(=NC)NCC1(c2ccccc2F)CC1. The minimum absolute atomic E-state index is 0.0729. The second-order valence-corrected chi connectivity index (χ2v) is 6.85. The molecule has 0 bridgehead atoms. The third-order valence-corrected chi connectivity index (χ3v) is 5.22. The second-order valence-electron chi connectivity index (χ2n) is 6.85. The Kier molecular flexibility index (Phi) is 6.60. The Hall–Kier alpha value is -1.62. The highest BCUT2D eigenvalue weighted by Gasteiger charge is 2.45. The number of aliphatic imine (C=N–C) groups is 1. The minimum atomic E-state index is -0.102. The van der Waals surface area contributed by atoms with Crippen LogP contribution in [-0.4, -0.2) is 50.6 Å². The number of guanidine groups is 1. The van der Waals surface area contributed by atoms with E-state index in [0.29, 0.717) is 6.04 Å². The van der Waals surface area contributed by atoms with Gasteiger partial charge in [-0.3, -0.25) is 4.99 Å². The average Bonchev–Trinajstić information content (AvgIpc) is 3.38. The number of nitrogens with one attached hydrogen (secondary N) is 2. The molecule has 4 nitrogen and oxygen atoms in total. The first-order valence-corrected chi connectivity index (χ1v) is 8.92. The van der Waals surface area contributed by atoms with Crippen molar-refractivity contribution in [2.75, 3.05) is 33.7 Å². The molecule has 24 heavy (non-hydrogen) atoms. The van der Waals surface area contributed by atoms with E-state index in [2.05, 4.69) is 41.4 Å². The average molecular weight is 334 g/mol. The first-order chi connectivity index (χ1) is 11.5. The summed E-state index contributed by atoms with van der Waals surface area (Å²) in [5.74, 6) is 0.685. The third-order valence-electron chi connectivity index (χ3n) is 5.22. The summed E-state index contributed by atoms with van der Waals surface area (Å²) in [6.45, 7) is 6.96. The van der Waals surface area contributed by atoms with Gasteiger partial charge in [0, 0.05) is 38.1 Å². The molecule has 0 spiro atoms. The van der Waals surface area contributed by atoms with E-state index in [1.165, 1.54) is 0 Å². The number of likely N-dealkylation sites (N-methyl/N-ethyl adjacent to an activating group) is 1. The fourth-order valence-electron chi connectivity index (χ4n) is 2.94. The molecule has 0 saturated heterocycles. The van der Waals surface area contributed by atoms with Crippen LogP contribution in [0.2, 0.25) is 0 Å². The Balaban J connectivity index is 1.81. The summed E-state index contributed by atoms with van der Waals surface area (Å²) >= 11 is 0. The Morgan fingerprint density at radius 3 is 2.62 bits per heavy atom. The molecule has 1 aliphatic carbocycles. The Labute approximate surface area is 145 Å². The lowest BCUT2D eigenvalue weighted by molar-refractivity contribution is 0.255. The summed E-state index contributed by atoms with van der Waals surface area (Å²) in [5.41, 5.74) is 0.751. The summed E-state index contributed by atoms with van der Waals surface area (Å²) in [7, 11) is 3.92. The van der Waals surface area contributed by atoms with E-state index in [-0.39, 0.29) is 11.2 Å². The highest BCUT2D eigenvalue weighted by Crippen LogP contribution is 2.48. The summed E-state index contributed by atoms with van der Waals surface area (Å²) in [6.07, 6.45) is 3.19. The van der Waals surface area contributed by atoms with E-state index in [1.807, 2.05) is 12.1 Å². The quantitative estimate of drug-likeness (QED) is 0.567. The molecule has 2 rings (SSSR count). The summed E-state index contributed by atoms with van der Waals surface area (Å²) < 4.78 is 14.1. The van der Waals surface area contributed by atoms with Crippen LogP contribution in [0.25, 0.3) is 0 Å². The number of hydrogen-bond acceptors (Lipinski definition) is 2. The zero-order chi connectivity index (χ0) is 17.6. The van der Waals surface area contributed by atoms with E-state index in [1.54, 1.807) is 19.2 Å². The van der Waals surface area contributed by atoms with Crippen molar-refractivity contribution in [2.24, 2.45) is 4.99 Å². The van der Waals surface area contributed by atoms with Crippen molar-refractivity contribution in [3.8, 4) is 0 Å². The first-order valence-electron chi connectivity index (χ1n) is 8.92. The minimum Gasteiger partial charge on any atom is -0.356 e. The Morgan fingerprint density at radius 2 is 2.04 bits per heavy atom. The van der Waals surface area contributed by atoms with E-state index in [9.17, 15) is 4.39 Å². The molecule has 2 N–H and O–H groups in total. The summed E-state index contributed by atoms with van der Waals surface area (Å²) in [6, 6.07) is 7.69. The topological polar surface area (TPSA) is 39.7 Å². The number of rotatable bonds is 8. The Bertz CT molecular complexity index is 554. The molecule has 1 saturated carbocycles. The van der Waals surface area contributed by atoms with Crippen LogP contribution in [0.15, 0.2) is 29.3 Å². The molecule has 1 aliphatic rings. The van der Waals surface area contributed by atoms with Crippen LogP contribution in [0.1, 0.15) is 38.7 Å². The van der Waals surface area contributed by atoms with Crippen molar-refractivity contribution < 1.29 is 4.39 Å². The maximum Gasteiger partial charge on any atom is 0.191 e. The molecule has 134 valence electrons. The van der Waals surface area contributed by atoms with E-state index in [4.69, 9.17) is 0 Å². The normalized spacial score (nSPS) is 17.7. The number of halogens is 1. The van der Waals surface area contributed by atoms with Gasteiger partial charge in [-0.05, 0) is 44.9 Å². The van der Waals surface area contributed by atoms with Crippen molar-refractivity contribution in [1.82, 2.24) is 15.5 Å². The molecular formula is C19H31FN4. The molecule has 1 fully saturated rings. The van der Waals surface area contributed by atoms with Crippen molar-refractivity contribution >= 4 is 5.96 Å². The maximum atomic E-state index is 14.1. The number of nitrogens with zero attached hydrogens (tertiary/aromatic N) is 2. The van der Waals surface area contributed by atoms with Gasteiger partial charge in [0.2, 0.25) is 0 Å². The highest BCUT2D eigenvalue weighted by molar-refractivity contribution is 5.79. The molecule has 1 aromatic rings. The molecule has 0 aliphatic heterocycles. The Morgan fingerprint density at radius 1 is 1.33 bits per heavy atom. The monoisotopic (exact) mass is 334 g/mol. The van der Waals surface area contributed by atoms with Crippen molar-refractivity contribution in [2.45, 2.75) is 44.6 Å². The number of hydrogen-bond donors (Lipinski definition) is 2.